The lowest BCUT2D eigenvalue weighted by Crippen LogP contribution is -2.62. The van der Waals surface area contributed by atoms with Gasteiger partial charge in [0.25, 0.3) is 0 Å². The smallest absolute Gasteiger partial charge is 0.305 e. The number of carboxylic acids is 1. The van der Waals surface area contributed by atoms with Crippen LogP contribution in [0.2, 0.25) is 0 Å². The Balaban J connectivity index is 1.03. The molecule has 3 aliphatic heterocycles. The van der Waals surface area contributed by atoms with Crippen LogP contribution in [0.25, 0.3) is 10.9 Å². The number of thioether (sulfide) groups is 2. The van der Waals surface area contributed by atoms with Crippen LogP contribution in [0.15, 0.2) is 152 Å². The fourth-order valence-corrected chi connectivity index (χ4v) is 18.3. The number of carboxylic acid groups (broad SMARTS) is 1. The van der Waals surface area contributed by atoms with Crippen LogP contribution >= 0.6 is 23.5 Å². The van der Waals surface area contributed by atoms with Crippen LogP contribution in [0, 0.1) is 29.3 Å². The molecule has 4 heterocycles. The van der Waals surface area contributed by atoms with Crippen molar-refractivity contribution in [2.24, 2.45) is 11.8 Å². The van der Waals surface area contributed by atoms with E-state index in [9.17, 15) is 43.7 Å². The number of amides is 13. The first kappa shape index (κ1) is 99.7. The number of para-hydroxylation sites is 1. The fourth-order valence-electron chi connectivity index (χ4n) is 16.3. The monoisotopic (exact) mass is 1830 g/mol. The average molecular weight is 1830 g/mol. The number of H-pyrrole nitrogens is 1. The molecule has 31 nitrogen and oxygen atoms in total. The van der Waals surface area contributed by atoms with E-state index in [-0.39, 0.29) is 105 Å². The lowest BCUT2D eigenvalue weighted by molar-refractivity contribution is -0.152. The van der Waals surface area contributed by atoms with Gasteiger partial charge in [0, 0.05) is 101 Å². The second-order valence-corrected chi connectivity index (χ2v) is 36.2. The zero-order chi connectivity index (χ0) is 94.3. The lowest BCUT2D eigenvalue weighted by Gasteiger charge is -2.37. The zero-order valence-electron chi connectivity index (χ0n) is 74.1. The van der Waals surface area contributed by atoms with E-state index in [1.807, 2.05) is 20.8 Å². The summed E-state index contributed by atoms with van der Waals surface area (Å²) in [4.78, 5) is 220. The molecule has 696 valence electrons. The predicted octanol–water partition coefficient (Wildman–Crippen LogP) is 6.14. The number of hydrogen-bond acceptors (Lipinski definition) is 18. The second-order valence-electron chi connectivity index (χ2n) is 34.1. The van der Waals surface area contributed by atoms with Crippen LogP contribution in [0.4, 0.5) is 13.2 Å². The van der Waals surface area contributed by atoms with E-state index < -0.39 is 203 Å². The van der Waals surface area contributed by atoms with Crippen molar-refractivity contribution in [3.8, 4) is 11.5 Å². The molecule has 7 aromatic rings. The summed E-state index contributed by atoms with van der Waals surface area (Å²) < 4.78 is 44.8. The first-order chi connectivity index (χ1) is 62.0. The number of rotatable bonds is 20. The quantitative estimate of drug-likeness (QED) is 0.0381. The Kier molecular flexibility index (Phi) is 35.8. The zero-order valence-corrected chi connectivity index (χ0v) is 75.7. The number of nitrogens with one attached hydrogen (secondary N) is 9. The molecule has 0 bridgehead atoms. The largest absolute Gasteiger partial charge is 0.508 e. The van der Waals surface area contributed by atoms with E-state index in [0.717, 1.165) is 38.2 Å². The number of aromatic amines is 1. The van der Waals surface area contributed by atoms with Gasteiger partial charge in [-0.2, -0.15) is 0 Å². The maximum atomic E-state index is 15.7. The van der Waals surface area contributed by atoms with Crippen molar-refractivity contribution < 1.29 is 95.6 Å². The van der Waals surface area contributed by atoms with Gasteiger partial charge in [-0.05, 0) is 120 Å². The molecule has 0 saturated carbocycles. The predicted molar refractivity (Wildman–Crippen MR) is 483 cm³/mol. The highest BCUT2D eigenvalue weighted by Crippen LogP contribution is 2.30. The summed E-state index contributed by atoms with van der Waals surface area (Å²) in [5, 5.41) is 54.1. The number of hydrogen-bond donors (Lipinski definition) is 12. The molecule has 130 heavy (non-hydrogen) atoms. The topological polar surface area (TPSA) is 428 Å². The van der Waals surface area contributed by atoms with E-state index in [1.54, 1.807) is 112 Å². The van der Waals surface area contributed by atoms with Gasteiger partial charge in [0.2, 0.25) is 76.8 Å². The van der Waals surface area contributed by atoms with E-state index in [2.05, 4.69) is 47.5 Å². The third-order valence-corrected chi connectivity index (χ3v) is 25.6. The summed E-state index contributed by atoms with van der Waals surface area (Å²) in [5.41, 5.74) is 2.88. The summed E-state index contributed by atoms with van der Waals surface area (Å²) in [6.07, 6.45) is -0.00527. The number of likely N-dealkylation sites (N-methyl/N-ethyl adjacent to an activating group) is 3. The molecule has 3 saturated heterocycles. The van der Waals surface area contributed by atoms with Gasteiger partial charge in [0.15, 0.2) is 17.5 Å². The second kappa shape index (κ2) is 46.7. The molecule has 13 atom stereocenters. The van der Waals surface area contributed by atoms with Crippen molar-refractivity contribution in [2.45, 2.75) is 204 Å². The normalized spacial score (nSPS) is 23.9. The van der Waals surface area contributed by atoms with Crippen molar-refractivity contribution in [1.82, 2.24) is 72.0 Å². The molecule has 10 rings (SSSR count). The van der Waals surface area contributed by atoms with Crippen molar-refractivity contribution in [3.63, 3.8) is 0 Å². The van der Waals surface area contributed by atoms with Crippen molar-refractivity contribution in [2.75, 3.05) is 50.8 Å². The van der Waals surface area contributed by atoms with E-state index in [4.69, 9.17) is 0 Å². The standard InChI is InChI=1S/C94H115F3N14O17S2/c1-10-11-27-75-93(127)111-52-130-50-78(111)89(123)104-71(47-80(115)116)86(120)106-82(54(4)5)94(128)108(8)76(44-56-21-14-12-15-22-56)88(122)105-73(42-59-31-35-63(113)36-32-59)91(125)110-37-20-28-74(110)87(121)103-70(46-61-48-98-67-26-19-18-25-64(61)67)85(119)102-69(41-58-29-33-62(112)34-30-58)84(118)101-68(38-53(2)3)83(117)99-55(6)49-129-51-79(114)100-72(43-60-39-65(95)81(97)66(96)40-60)90(124)109(9)77(92(126)107(75)7)45-57-23-16-13-17-24-57/h12-19,21-26,29-36,39-40,48,53-55,68-78,82,98,112-113H,10-11,20,27-28,37-38,41-47,49-52H2,1-9H3,(H,99,117)(H,100,114)(H,101,118)(H,102,119)(H,103,121)(H,104,123)(H,105,122)(H,106,120)(H,115,116)/t55-,68+,69+,70+,71+,72+,73+,74-,75+,76+,77+,78-,82+/m1/s1. The SMILES string of the molecule is CCCC[C@H]1C(=O)N2CSC[C@@H]2C(=O)N[C@@H](CC(=O)O)C(=O)N[C@@H](C(C)C)C(=O)N(C)[C@@H](Cc2ccccc2)C(=O)N[C@@H](Cc2ccc(O)cc2)C(=O)N2CCC[C@@H]2C(=O)N[C@@H](Cc2c[nH]c3ccccc23)C(=O)N[C@@H](Cc2ccc(O)cc2)C(=O)N[C@@H](CC(C)C)C(=O)N[C@H](C)CSCC(=O)N[C@@H](Cc2cc(F)c(F)c(F)c2)C(=O)N(C)[C@@H](Cc2ccccc2)C(=O)N1C. The van der Waals surface area contributed by atoms with Gasteiger partial charge in [-0.3, -0.25) is 67.1 Å². The van der Waals surface area contributed by atoms with Gasteiger partial charge in [-0.1, -0.05) is 151 Å². The number of aliphatic carboxylic acids is 1. The lowest BCUT2D eigenvalue weighted by atomic mass is 9.98. The number of halogens is 3. The van der Waals surface area contributed by atoms with Crippen LogP contribution in [-0.4, -0.2) is 257 Å². The molecule has 6 aromatic carbocycles. The Morgan fingerprint density at radius 2 is 0.977 bits per heavy atom. The third kappa shape index (κ3) is 26.9. The van der Waals surface area contributed by atoms with Gasteiger partial charge in [0.1, 0.15) is 84.0 Å². The highest BCUT2D eigenvalue weighted by Gasteiger charge is 2.46. The summed E-state index contributed by atoms with van der Waals surface area (Å²) in [7, 11) is 3.89. The molecule has 1 aromatic heterocycles. The maximum Gasteiger partial charge on any atom is 0.305 e. The number of carbonyl (C=O) groups is 14. The number of phenols is 2. The van der Waals surface area contributed by atoms with Crippen LogP contribution < -0.4 is 42.5 Å². The van der Waals surface area contributed by atoms with E-state index in [0.29, 0.717) is 63.7 Å². The molecule has 0 unspecified atom stereocenters. The Labute approximate surface area is 761 Å². The molecular weight excluding hydrogens is 1720 g/mol. The fraction of sp³-hybridized carbons (Fsp3) is 0.447. The molecule has 0 radical (unpaired) electrons. The Morgan fingerprint density at radius 3 is 1.58 bits per heavy atom. The molecule has 0 spiro atoms. The highest BCUT2D eigenvalue weighted by atomic mass is 32.2. The van der Waals surface area contributed by atoms with Gasteiger partial charge in [-0.15, -0.1) is 23.5 Å². The minimum atomic E-state index is -1.93. The number of fused-ring (bicyclic) bond motifs is 3. The number of phenolic OH excluding ortho intramolecular Hbond substituents is 2. The van der Waals surface area contributed by atoms with Crippen molar-refractivity contribution >= 4 is 117 Å². The number of unbranched alkanes of at least 4 members (excludes halogenated alkanes) is 1. The molecule has 13 amide bonds. The van der Waals surface area contributed by atoms with Crippen LogP contribution in [0.5, 0.6) is 11.5 Å². The molecule has 36 heteroatoms. The minimum absolute atomic E-state index is 0.00792. The first-order valence-corrected chi connectivity index (χ1v) is 45.8. The van der Waals surface area contributed by atoms with Crippen molar-refractivity contribution in [3.05, 3.63) is 203 Å². The summed E-state index contributed by atoms with van der Waals surface area (Å²) in [5.74, 6) is -19.8. The van der Waals surface area contributed by atoms with Crippen LogP contribution in [-0.2, 0) is 106 Å². The third-order valence-electron chi connectivity index (χ3n) is 23.4. The number of benzene rings is 6. The average Bonchev–Trinajstić information content (AvgIpc) is 1.65. The minimum Gasteiger partial charge on any atom is -0.508 e. The van der Waals surface area contributed by atoms with E-state index >= 15 is 51.9 Å². The summed E-state index contributed by atoms with van der Waals surface area (Å²) >= 11 is 2.13. The molecule has 3 aliphatic rings. The number of aromatic hydroxyl groups is 2. The summed E-state index contributed by atoms with van der Waals surface area (Å²) in [6, 6.07) is 18.1. The Morgan fingerprint density at radius 1 is 0.477 bits per heavy atom. The van der Waals surface area contributed by atoms with E-state index in [1.165, 1.54) is 79.5 Å². The number of carbonyl (C=O) groups excluding carboxylic acids is 13. The van der Waals surface area contributed by atoms with Gasteiger partial charge in [0.05, 0.1) is 18.1 Å². The molecular formula is C94H115F3N14O17S2. The number of aromatic nitrogens is 1. The Hall–Kier alpha value is -12.5. The van der Waals surface area contributed by atoms with Crippen LogP contribution in [0.1, 0.15) is 120 Å². The highest BCUT2D eigenvalue weighted by molar-refractivity contribution is 8.00. The maximum absolute atomic E-state index is 15.7. The number of nitrogens with zero attached hydrogens (tertiary/aromatic N) is 5. The Bertz CT molecular complexity index is 5170. The van der Waals surface area contributed by atoms with Crippen LogP contribution in [0.3, 0.4) is 0 Å². The molecule has 12 N–H and O–H groups in total. The summed E-state index contributed by atoms with van der Waals surface area (Å²) in [6.45, 7) is 10.2. The van der Waals surface area contributed by atoms with Gasteiger partial charge in [-0.25, -0.2) is 13.2 Å². The molecule has 0 aliphatic carbocycles. The van der Waals surface area contributed by atoms with Gasteiger partial charge >= 0.3 is 5.97 Å². The van der Waals surface area contributed by atoms with Crippen molar-refractivity contribution in [1.29, 1.82) is 0 Å². The van der Waals surface area contributed by atoms with Gasteiger partial charge < -0.3 is 87.3 Å². The first-order valence-electron chi connectivity index (χ1n) is 43.5. The molecule has 3 fully saturated rings.